The van der Waals surface area contributed by atoms with E-state index in [1.165, 1.54) is 19.3 Å². The Hall–Kier alpha value is -0.870. The minimum Gasteiger partial charge on any atom is -0.465 e. The fourth-order valence-corrected chi connectivity index (χ4v) is 6.58. The molecule has 10 heteroatoms. The number of rotatable bonds is 11. The van der Waals surface area contributed by atoms with Crippen LogP contribution in [-0.2, 0) is 19.6 Å². The summed E-state index contributed by atoms with van der Waals surface area (Å²) in [5, 5.41) is 9.10. The summed E-state index contributed by atoms with van der Waals surface area (Å²) in [5.74, 6) is 2.08. The number of halogens is 3. The Labute approximate surface area is 176 Å². The summed E-state index contributed by atoms with van der Waals surface area (Å²) in [6.07, 6.45) is 10.6. The molecule has 4 rings (SSSR count). The zero-order chi connectivity index (χ0) is 22.0. The Bertz CT molecular complexity index is 674. The lowest BCUT2D eigenvalue weighted by Gasteiger charge is -2.55. The molecule has 0 aliphatic heterocycles. The summed E-state index contributed by atoms with van der Waals surface area (Å²) in [4.78, 5) is 12.7. The van der Waals surface area contributed by atoms with Crippen LogP contribution in [0.1, 0.15) is 77.0 Å². The third-order valence-electron chi connectivity index (χ3n) is 7.02. The van der Waals surface area contributed by atoms with Crippen LogP contribution in [0.5, 0.6) is 0 Å². The molecule has 1 N–H and O–H groups in total. The molecular formula is C20H32F3NO5S. The Balaban J connectivity index is 1.23. The first-order valence-electron chi connectivity index (χ1n) is 11.0. The molecule has 0 heterocycles. The standard InChI is InChI=1S/C20H32F3NO5S/c21-20(22,23)30(27,28)24(26)7-5-3-1-2-4-6-8-29-18(25)19-12-15-9-16(13-19)11-17(10-15)14-19/h15-17,26H,1-14H2. The lowest BCUT2D eigenvalue weighted by atomic mass is 9.49. The largest absolute Gasteiger partial charge is 0.513 e. The van der Waals surface area contributed by atoms with Gasteiger partial charge in [0.2, 0.25) is 0 Å². The van der Waals surface area contributed by atoms with Crippen LogP contribution in [0.3, 0.4) is 0 Å². The van der Waals surface area contributed by atoms with Gasteiger partial charge in [0.05, 0.1) is 12.0 Å². The molecule has 4 aliphatic rings. The summed E-state index contributed by atoms with van der Waals surface area (Å²) >= 11 is 0. The zero-order valence-corrected chi connectivity index (χ0v) is 18.0. The van der Waals surface area contributed by atoms with Gasteiger partial charge in [-0.15, -0.1) is 0 Å². The van der Waals surface area contributed by atoms with Gasteiger partial charge < -0.3 is 4.74 Å². The second-order valence-electron chi connectivity index (χ2n) is 9.45. The summed E-state index contributed by atoms with van der Waals surface area (Å²) < 4.78 is 63.7. The predicted octanol–water partition coefficient (Wildman–Crippen LogP) is 4.63. The van der Waals surface area contributed by atoms with E-state index in [4.69, 9.17) is 9.94 Å². The Morgan fingerprint density at radius 2 is 1.40 bits per heavy atom. The second kappa shape index (κ2) is 9.32. The van der Waals surface area contributed by atoms with Crippen LogP contribution in [0.2, 0.25) is 0 Å². The number of unbranched alkanes of at least 4 members (excludes halogenated alkanes) is 5. The highest BCUT2D eigenvalue weighted by atomic mass is 32.2. The number of hydrogen-bond acceptors (Lipinski definition) is 5. The van der Waals surface area contributed by atoms with Crippen molar-refractivity contribution in [3.8, 4) is 0 Å². The molecule has 4 bridgehead atoms. The number of carbonyl (C=O) groups excluding carboxylic acids is 1. The molecule has 0 amide bonds. The number of ether oxygens (including phenoxy) is 1. The summed E-state index contributed by atoms with van der Waals surface area (Å²) in [6, 6.07) is 0. The van der Waals surface area contributed by atoms with Crippen molar-refractivity contribution in [3.05, 3.63) is 0 Å². The number of carbonyl (C=O) groups is 1. The molecule has 0 unspecified atom stereocenters. The van der Waals surface area contributed by atoms with Gasteiger partial charge in [-0.1, -0.05) is 30.2 Å². The molecule has 0 radical (unpaired) electrons. The molecule has 0 aromatic carbocycles. The average Bonchev–Trinajstić information content (AvgIpc) is 2.64. The smallest absolute Gasteiger partial charge is 0.465 e. The van der Waals surface area contributed by atoms with Crippen molar-refractivity contribution in [2.24, 2.45) is 23.2 Å². The van der Waals surface area contributed by atoms with Crippen molar-refractivity contribution in [1.29, 1.82) is 0 Å². The van der Waals surface area contributed by atoms with Crippen LogP contribution >= 0.6 is 0 Å². The first kappa shape index (κ1) is 23.8. The highest BCUT2D eigenvalue weighted by Crippen LogP contribution is 2.60. The van der Waals surface area contributed by atoms with E-state index in [1.807, 2.05) is 0 Å². The lowest BCUT2D eigenvalue weighted by Crippen LogP contribution is -2.50. The molecule has 4 aliphatic carbocycles. The van der Waals surface area contributed by atoms with Crippen LogP contribution in [0.25, 0.3) is 0 Å². The van der Waals surface area contributed by atoms with Crippen molar-refractivity contribution in [2.75, 3.05) is 13.2 Å². The van der Waals surface area contributed by atoms with E-state index in [2.05, 4.69) is 0 Å². The molecule has 0 atom stereocenters. The number of nitrogens with zero attached hydrogens (tertiary/aromatic N) is 1. The van der Waals surface area contributed by atoms with Gasteiger partial charge in [0.15, 0.2) is 0 Å². The lowest BCUT2D eigenvalue weighted by molar-refractivity contribution is -0.171. The number of sulfonamides is 1. The number of esters is 1. The minimum atomic E-state index is -5.67. The summed E-state index contributed by atoms with van der Waals surface area (Å²) in [7, 11) is -5.67. The molecule has 30 heavy (non-hydrogen) atoms. The molecule has 174 valence electrons. The van der Waals surface area contributed by atoms with Gasteiger partial charge in [0, 0.05) is 6.54 Å². The van der Waals surface area contributed by atoms with Crippen molar-refractivity contribution in [3.63, 3.8) is 0 Å². The van der Waals surface area contributed by atoms with Gasteiger partial charge in [-0.05, 0) is 69.1 Å². The van der Waals surface area contributed by atoms with Gasteiger partial charge >= 0.3 is 21.5 Å². The van der Waals surface area contributed by atoms with E-state index in [-0.39, 0.29) is 17.8 Å². The van der Waals surface area contributed by atoms with E-state index in [1.54, 1.807) is 0 Å². The van der Waals surface area contributed by atoms with Crippen molar-refractivity contribution < 1.29 is 36.3 Å². The normalized spacial score (nSPS) is 30.8. The molecule has 4 fully saturated rings. The van der Waals surface area contributed by atoms with Crippen molar-refractivity contribution >= 4 is 16.0 Å². The van der Waals surface area contributed by atoms with E-state index in [0.29, 0.717) is 37.2 Å². The maximum Gasteiger partial charge on any atom is 0.513 e. The molecule has 0 spiro atoms. The van der Waals surface area contributed by atoms with Crippen LogP contribution in [0, 0.1) is 23.2 Å². The fraction of sp³-hybridized carbons (Fsp3) is 0.950. The molecule has 0 aromatic heterocycles. The monoisotopic (exact) mass is 455 g/mol. The highest BCUT2D eigenvalue weighted by molar-refractivity contribution is 7.89. The highest BCUT2D eigenvalue weighted by Gasteiger charge is 2.55. The predicted molar refractivity (Wildman–Crippen MR) is 103 cm³/mol. The molecular weight excluding hydrogens is 423 g/mol. The first-order valence-corrected chi connectivity index (χ1v) is 12.4. The van der Waals surface area contributed by atoms with Gasteiger partial charge in [-0.2, -0.15) is 13.2 Å². The van der Waals surface area contributed by atoms with Crippen LogP contribution in [-0.4, -0.2) is 42.7 Å². The number of alkyl halides is 3. The van der Waals surface area contributed by atoms with Gasteiger partial charge in [-0.3, -0.25) is 10.0 Å². The maximum absolute atomic E-state index is 12.7. The van der Waals surface area contributed by atoms with Gasteiger partial charge in [0.1, 0.15) is 0 Å². The third-order valence-corrected chi connectivity index (χ3v) is 8.34. The van der Waals surface area contributed by atoms with Crippen molar-refractivity contribution in [1.82, 2.24) is 4.47 Å². The van der Waals surface area contributed by atoms with E-state index < -0.39 is 26.5 Å². The second-order valence-corrected chi connectivity index (χ2v) is 11.3. The van der Waals surface area contributed by atoms with Crippen LogP contribution in [0.15, 0.2) is 0 Å². The maximum atomic E-state index is 12.7. The Morgan fingerprint density at radius 3 is 1.90 bits per heavy atom. The van der Waals surface area contributed by atoms with E-state index in [9.17, 15) is 26.4 Å². The molecule has 0 aromatic rings. The number of hydrogen-bond donors (Lipinski definition) is 1. The molecule has 6 nitrogen and oxygen atoms in total. The third kappa shape index (κ3) is 5.30. The quantitative estimate of drug-likeness (QED) is 0.279. The Kier molecular flexibility index (Phi) is 7.39. The van der Waals surface area contributed by atoms with Gasteiger partial charge in [0.25, 0.3) is 0 Å². The SMILES string of the molecule is O=C(OCCCCCCCCN(O)S(=O)(=O)C(F)(F)F)C12CC3CC(CC(C3)C1)C2. The van der Waals surface area contributed by atoms with E-state index >= 15 is 0 Å². The van der Waals surface area contributed by atoms with Crippen LogP contribution in [0.4, 0.5) is 13.2 Å². The Morgan fingerprint density at radius 1 is 0.933 bits per heavy atom. The van der Waals surface area contributed by atoms with Crippen molar-refractivity contribution in [2.45, 2.75) is 82.6 Å². The van der Waals surface area contributed by atoms with Gasteiger partial charge in [-0.25, -0.2) is 8.42 Å². The zero-order valence-electron chi connectivity index (χ0n) is 17.2. The minimum absolute atomic E-state index is 0.0180. The topological polar surface area (TPSA) is 83.9 Å². The summed E-state index contributed by atoms with van der Waals surface area (Å²) in [6.45, 7) is -0.181. The number of hydroxylamine groups is 1. The average molecular weight is 456 g/mol. The first-order chi connectivity index (χ1) is 14.0. The summed E-state index contributed by atoms with van der Waals surface area (Å²) in [5.41, 5.74) is -5.73. The molecule has 0 saturated heterocycles. The fourth-order valence-electron chi connectivity index (χ4n) is 5.97. The molecule has 4 saturated carbocycles. The van der Waals surface area contributed by atoms with Crippen LogP contribution < -0.4 is 0 Å². The van der Waals surface area contributed by atoms with E-state index in [0.717, 1.165) is 38.5 Å².